The highest BCUT2D eigenvalue weighted by molar-refractivity contribution is 8.14. The first kappa shape index (κ1) is 22.6. The van der Waals surface area contributed by atoms with E-state index >= 15 is 0 Å². The minimum Gasteiger partial charge on any atom is -0.327 e. The van der Waals surface area contributed by atoms with E-state index in [9.17, 15) is 4.79 Å². The molecule has 1 aromatic carbocycles. The van der Waals surface area contributed by atoms with Crippen LogP contribution in [0.3, 0.4) is 0 Å². The second kappa shape index (κ2) is 8.54. The Morgan fingerprint density at radius 3 is 2.19 bits per heavy atom. The van der Waals surface area contributed by atoms with Gasteiger partial charge in [-0.1, -0.05) is 30.8 Å². The van der Waals surface area contributed by atoms with Gasteiger partial charge < -0.3 is 4.90 Å². The summed E-state index contributed by atoms with van der Waals surface area (Å²) >= 11 is 1.91. The normalized spacial score (nSPS) is 36.4. The zero-order chi connectivity index (χ0) is 21.2. The van der Waals surface area contributed by atoms with Gasteiger partial charge in [0.25, 0.3) is 0 Å². The molecule has 5 aliphatic carbocycles. The van der Waals surface area contributed by atoms with Crippen LogP contribution in [-0.4, -0.2) is 39.5 Å². The van der Waals surface area contributed by atoms with Gasteiger partial charge in [-0.05, 0) is 93.2 Å². The van der Waals surface area contributed by atoms with Crippen LogP contribution in [0.4, 0.5) is 5.69 Å². The molecule has 1 amide bonds. The predicted octanol–water partition coefficient (Wildman–Crippen LogP) is 5.89. The molecule has 1 atom stereocenters. The molecule has 32 heavy (non-hydrogen) atoms. The number of carbonyl (C=O) groups is 1. The quantitative estimate of drug-likeness (QED) is 0.535. The number of thioether (sulfide) groups is 1. The number of carbonyl (C=O) groups excluding carboxylic acids is 1. The van der Waals surface area contributed by atoms with Gasteiger partial charge in [-0.15, -0.1) is 12.4 Å². The van der Waals surface area contributed by atoms with Crippen molar-refractivity contribution in [3.63, 3.8) is 0 Å². The van der Waals surface area contributed by atoms with Crippen molar-refractivity contribution in [2.75, 3.05) is 10.7 Å². The molecule has 4 nitrogen and oxygen atoms in total. The molecule has 5 saturated carbocycles. The number of benzene rings is 1. The third kappa shape index (κ3) is 3.98. The van der Waals surface area contributed by atoms with Crippen molar-refractivity contribution in [3.05, 3.63) is 29.8 Å². The summed E-state index contributed by atoms with van der Waals surface area (Å²) in [5, 5.41) is 1.24. The van der Waals surface area contributed by atoms with Crippen LogP contribution in [-0.2, 0) is 11.2 Å². The first-order valence-electron chi connectivity index (χ1n) is 12.4. The number of aliphatic imine (C=N–C) groups is 1. The fraction of sp³-hybridized carbons (Fsp3) is 0.692. The monoisotopic (exact) mass is 473 g/mol. The number of amides is 1. The van der Waals surface area contributed by atoms with Crippen LogP contribution < -0.4 is 4.90 Å². The summed E-state index contributed by atoms with van der Waals surface area (Å²) in [7, 11) is 0. The fourth-order valence-corrected chi connectivity index (χ4v) is 8.62. The first-order valence-corrected chi connectivity index (χ1v) is 13.4. The van der Waals surface area contributed by atoms with E-state index in [0.717, 1.165) is 35.6 Å². The van der Waals surface area contributed by atoms with E-state index in [1.165, 1.54) is 62.1 Å². The van der Waals surface area contributed by atoms with Gasteiger partial charge in [0.05, 0.1) is 5.54 Å². The van der Waals surface area contributed by atoms with Crippen LogP contribution in [0.15, 0.2) is 29.3 Å². The lowest BCUT2D eigenvalue weighted by atomic mass is 9.53. The summed E-state index contributed by atoms with van der Waals surface area (Å²) in [6, 6.07) is 9.15. The van der Waals surface area contributed by atoms with Gasteiger partial charge in [0, 0.05) is 24.4 Å². The van der Waals surface area contributed by atoms with E-state index in [1.54, 1.807) is 6.92 Å². The van der Waals surface area contributed by atoms with Crippen LogP contribution >= 0.6 is 24.2 Å². The molecular formula is C26H36ClN3OS. The molecule has 1 heterocycles. The van der Waals surface area contributed by atoms with Crippen molar-refractivity contribution in [1.29, 1.82) is 0 Å². The molecule has 6 heteroatoms. The highest BCUT2D eigenvalue weighted by atomic mass is 35.5. The Hall–Kier alpha value is -1.20. The Bertz CT molecular complexity index is 862. The summed E-state index contributed by atoms with van der Waals surface area (Å²) in [6.07, 6.45) is 11.9. The SMILES string of the molecule is CCc1ccc(N(C(C)=O)C2CSC(=NC34CC5CC(CC(C5)C3)C4)N2C2CC2)cc1.Cl. The lowest BCUT2D eigenvalue weighted by molar-refractivity contribution is -0.117. The summed E-state index contributed by atoms with van der Waals surface area (Å²) < 4.78 is 0. The van der Waals surface area contributed by atoms with Gasteiger partial charge in [0.15, 0.2) is 5.17 Å². The summed E-state index contributed by atoms with van der Waals surface area (Å²) in [4.78, 5) is 23.0. The highest BCUT2D eigenvalue weighted by Gasteiger charge is 2.52. The van der Waals surface area contributed by atoms with Crippen molar-refractivity contribution < 1.29 is 4.79 Å². The Balaban J connectivity index is 0.00000216. The molecule has 1 unspecified atom stereocenters. The first-order chi connectivity index (χ1) is 15.0. The zero-order valence-corrected chi connectivity index (χ0v) is 21.0. The molecule has 0 spiro atoms. The van der Waals surface area contributed by atoms with Gasteiger partial charge in [0.1, 0.15) is 6.17 Å². The molecule has 0 N–H and O–H groups in total. The number of hydrogen-bond donors (Lipinski definition) is 0. The smallest absolute Gasteiger partial charge is 0.225 e. The number of rotatable bonds is 5. The second-order valence-corrected chi connectivity index (χ2v) is 11.9. The van der Waals surface area contributed by atoms with Crippen molar-refractivity contribution >= 4 is 40.9 Å². The molecule has 0 radical (unpaired) electrons. The number of amidine groups is 1. The Morgan fingerprint density at radius 1 is 1.09 bits per heavy atom. The Kier molecular flexibility index (Phi) is 6.03. The van der Waals surface area contributed by atoms with Crippen molar-refractivity contribution in [1.82, 2.24) is 4.90 Å². The Labute approximate surface area is 203 Å². The van der Waals surface area contributed by atoms with Crippen LogP contribution in [0.25, 0.3) is 0 Å². The second-order valence-electron chi connectivity index (χ2n) is 10.9. The van der Waals surface area contributed by atoms with E-state index < -0.39 is 0 Å². The van der Waals surface area contributed by atoms with Crippen molar-refractivity contribution in [2.45, 2.75) is 89.4 Å². The summed E-state index contributed by atoms with van der Waals surface area (Å²) in [6.45, 7) is 3.89. The van der Waals surface area contributed by atoms with Crippen LogP contribution in [0.5, 0.6) is 0 Å². The fourth-order valence-electron chi connectivity index (χ4n) is 7.33. The molecule has 1 saturated heterocycles. The molecule has 6 fully saturated rings. The lowest BCUT2D eigenvalue weighted by Crippen LogP contribution is -2.53. The molecule has 0 aromatic heterocycles. The molecule has 4 bridgehead atoms. The topological polar surface area (TPSA) is 35.9 Å². The molecular weight excluding hydrogens is 438 g/mol. The van der Waals surface area contributed by atoms with Gasteiger partial charge in [-0.2, -0.15) is 0 Å². The summed E-state index contributed by atoms with van der Waals surface area (Å²) in [5.74, 6) is 3.81. The van der Waals surface area contributed by atoms with Gasteiger partial charge >= 0.3 is 0 Å². The largest absolute Gasteiger partial charge is 0.327 e. The van der Waals surface area contributed by atoms with Crippen LogP contribution in [0, 0.1) is 17.8 Å². The predicted molar refractivity (Wildman–Crippen MR) is 136 cm³/mol. The van der Waals surface area contributed by atoms with Crippen LogP contribution in [0.1, 0.15) is 70.8 Å². The van der Waals surface area contributed by atoms with E-state index in [4.69, 9.17) is 4.99 Å². The number of aryl methyl sites for hydroxylation is 1. The minimum atomic E-state index is 0. The van der Waals surface area contributed by atoms with Crippen molar-refractivity contribution in [2.24, 2.45) is 22.7 Å². The Morgan fingerprint density at radius 2 is 1.69 bits per heavy atom. The number of nitrogens with zero attached hydrogens (tertiary/aromatic N) is 3. The van der Waals surface area contributed by atoms with Crippen LogP contribution in [0.2, 0.25) is 0 Å². The van der Waals surface area contributed by atoms with E-state index in [1.807, 2.05) is 16.7 Å². The molecule has 1 aliphatic heterocycles. The average Bonchev–Trinajstić information content (AvgIpc) is 3.49. The molecule has 6 aliphatic rings. The van der Waals surface area contributed by atoms with Crippen molar-refractivity contribution in [3.8, 4) is 0 Å². The van der Waals surface area contributed by atoms with Gasteiger partial charge in [0.2, 0.25) is 5.91 Å². The summed E-state index contributed by atoms with van der Waals surface area (Å²) in [5.41, 5.74) is 2.54. The molecule has 174 valence electrons. The number of anilines is 1. The average molecular weight is 474 g/mol. The highest BCUT2D eigenvalue weighted by Crippen LogP contribution is 2.58. The number of hydrogen-bond acceptors (Lipinski definition) is 3. The van der Waals surface area contributed by atoms with E-state index in [-0.39, 0.29) is 30.0 Å². The maximum Gasteiger partial charge on any atom is 0.225 e. The molecule has 7 rings (SSSR count). The molecule has 1 aromatic rings. The third-order valence-electron chi connectivity index (χ3n) is 8.44. The maximum atomic E-state index is 12.8. The van der Waals surface area contributed by atoms with E-state index in [0.29, 0.717) is 6.04 Å². The standard InChI is InChI=1S/C26H35N3OS.ClH/c1-3-18-4-6-22(7-5-18)28(17(2)30)24-16-31-25(29(24)23-8-9-23)27-26-13-19-10-20(14-26)12-21(11-19)15-26;/h4-7,19-21,23-24H,3,8-16H2,1-2H3;1H. The maximum absolute atomic E-state index is 12.8. The minimum absolute atomic E-state index is 0. The van der Waals surface area contributed by atoms with Gasteiger partial charge in [-0.3, -0.25) is 14.7 Å². The van der Waals surface area contributed by atoms with E-state index in [2.05, 4.69) is 36.1 Å². The number of halogens is 1. The third-order valence-corrected chi connectivity index (χ3v) is 9.47. The zero-order valence-electron chi connectivity index (χ0n) is 19.3. The lowest BCUT2D eigenvalue weighted by Gasteiger charge is -2.55. The van der Waals surface area contributed by atoms with Gasteiger partial charge in [-0.25, -0.2) is 0 Å².